The molecular formula is C16H19N5O3S. The van der Waals surface area contributed by atoms with Crippen LogP contribution in [0.5, 0.6) is 5.75 Å². The summed E-state index contributed by atoms with van der Waals surface area (Å²) in [5.41, 5.74) is 1.10. The zero-order valence-electron chi connectivity index (χ0n) is 14.0. The number of hydrogen-bond donors (Lipinski definition) is 3. The maximum Gasteiger partial charge on any atom is 0.265 e. The van der Waals surface area contributed by atoms with E-state index in [1.807, 2.05) is 6.92 Å². The first-order chi connectivity index (χ1) is 12.0. The van der Waals surface area contributed by atoms with Gasteiger partial charge < -0.3 is 15.4 Å². The van der Waals surface area contributed by atoms with Gasteiger partial charge in [0.05, 0.1) is 5.69 Å². The van der Waals surface area contributed by atoms with Crippen molar-refractivity contribution >= 4 is 35.4 Å². The molecule has 3 N–H and O–H groups in total. The van der Waals surface area contributed by atoms with Crippen LogP contribution in [0.25, 0.3) is 0 Å². The van der Waals surface area contributed by atoms with Crippen molar-refractivity contribution < 1.29 is 14.3 Å². The average molecular weight is 361 g/mol. The standard InChI is InChI=1S/C16H19N5O3S/c1-3-4-13-19-20-16(25)21(13)8-14(22)17-10-5-6-12-11(7-10)18-15(23)9(2)24-12/h5-7,9H,3-4,8H2,1-2H3,(H,17,22)(H,18,23)(H,20,25)/t9-/m1/s1. The topological polar surface area (TPSA) is 101 Å². The number of H-pyrrole nitrogens is 1. The minimum absolute atomic E-state index is 0.0711. The van der Waals surface area contributed by atoms with Gasteiger partial charge in [0.2, 0.25) is 5.91 Å². The average Bonchev–Trinajstić information content (AvgIpc) is 2.90. The Balaban J connectivity index is 1.72. The van der Waals surface area contributed by atoms with E-state index < -0.39 is 6.10 Å². The summed E-state index contributed by atoms with van der Waals surface area (Å²) >= 11 is 5.17. The van der Waals surface area contributed by atoms with Crippen LogP contribution in [0.4, 0.5) is 11.4 Å². The van der Waals surface area contributed by atoms with E-state index in [0.29, 0.717) is 21.9 Å². The molecule has 0 fully saturated rings. The molecule has 1 aromatic carbocycles. The first-order valence-electron chi connectivity index (χ1n) is 8.03. The van der Waals surface area contributed by atoms with Gasteiger partial charge in [0.25, 0.3) is 5.91 Å². The Morgan fingerprint density at radius 2 is 2.28 bits per heavy atom. The van der Waals surface area contributed by atoms with Crippen LogP contribution in [-0.4, -0.2) is 32.7 Å². The quantitative estimate of drug-likeness (QED) is 0.709. The molecule has 2 aromatic rings. The molecule has 1 aliphatic heterocycles. The summed E-state index contributed by atoms with van der Waals surface area (Å²) in [5.74, 6) is 0.881. The number of nitrogens with one attached hydrogen (secondary N) is 3. The lowest BCUT2D eigenvalue weighted by atomic mass is 10.2. The predicted molar refractivity (Wildman–Crippen MR) is 95.2 cm³/mol. The van der Waals surface area contributed by atoms with Crippen LogP contribution in [0.2, 0.25) is 0 Å². The molecule has 0 bridgehead atoms. The molecule has 0 unspecified atom stereocenters. The van der Waals surface area contributed by atoms with Crippen molar-refractivity contribution in [1.29, 1.82) is 0 Å². The van der Waals surface area contributed by atoms with E-state index in [4.69, 9.17) is 17.0 Å². The van der Waals surface area contributed by atoms with Gasteiger partial charge in [0, 0.05) is 12.1 Å². The fourth-order valence-electron chi connectivity index (χ4n) is 2.56. The Hall–Kier alpha value is -2.68. The molecular weight excluding hydrogens is 342 g/mol. The number of nitrogens with zero attached hydrogens (tertiary/aromatic N) is 2. The third-order valence-corrected chi connectivity index (χ3v) is 4.12. The molecule has 0 spiro atoms. The first-order valence-corrected chi connectivity index (χ1v) is 8.44. The van der Waals surface area contributed by atoms with Gasteiger partial charge in [-0.25, -0.2) is 0 Å². The molecule has 1 atom stereocenters. The van der Waals surface area contributed by atoms with Gasteiger partial charge in [0.1, 0.15) is 18.1 Å². The number of amides is 2. The van der Waals surface area contributed by atoms with Crippen LogP contribution in [0, 0.1) is 4.77 Å². The lowest BCUT2D eigenvalue weighted by Crippen LogP contribution is -2.34. The van der Waals surface area contributed by atoms with Crippen LogP contribution in [0.3, 0.4) is 0 Å². The maximum absolute atomic E-state index is 12.3. The van der Waals surface area contributed by atoms with Gasteiger partial charge >= 0.3 is 0 Å². The Bertz CT molecular complexity index is 873. The summed E-state index contributed by atoms with van der Waals surface area (Å²) in [4.78, 5) is 24.0. The summed E-state index contributed by atoms with van der Waals surface area (Å²) in [6.45, 7) is 3.78. The van der Waals surface area contributed by atoms with Crippen molar-refractivity contribution in [2.24, 2.45) is 0 Å². The summed E-state index contributed by atoms with van der Waals surface area (Å²) in [6.07, 6.45) is 1.11. The van der Waals surface area contributed by atoms with E-state index >= 15 is 0 Å². The van der Waals surface area contributed by atoms with E-state index in [0.717, 1.165) is 18.7 Å². The second-order valence-electron chi connectivity index (χ2n) is 5.79. The summed E-state index contributed by atoms with van der Waals surface area (Å²) in [5, 5.41) is 12.4. The van der Waals surface area contributed by atoms with Crippen molar-refractivity contribution in [2.45, 2.75) is 39.3 Å². The lowest BCUT2D eigenvalue weighted by Gasteiger charge is -2.23. The molecule has 1 aliphatic rings. The van der Waals surface area contributed by atoms with Gasteiger partial charge in [-0.05, 0) is 43.8 Å². The van der Waals surface area contributed by atoms with Crippen molar-refractivity contribution in [3.8, 4) is 5.75 Å². The van der Waals surface area contributed by atoms with Crippen LogP contribution in [0.15, 0.2) is 18.2 Å². The molecule has 2 heterocycles. The van der Waals surface area contributed by atoms with Crippen LogP contribution in [-0.2, 0) is 22.6 Å². The fraction of sp³-hybridized carbons (Fsp3) is 0.375. The van der Waals surface area contributed by atoms with E-state index in [-0.39, 0.29) is 18.4 Å². The monoisotopic (exact) mass is 361 g/mol. The van der Waals surface area contributed by atoms with Crippen molar-refractivity contribution in [3.63, 3.8) is 0 Å². The minimum Gasteiger partial charge on any atom is -0.479 e. The number of aromatic nitrogens is 3. The number of carbonyl (C=O) groups excluding carboxylic acids is 2. The number of rotatable bonds is 5. The van der Waals surface area contributed by atoms with Crippen molar-refractivity contribution in [3.05, 3.63) is 28.8 Å². The highest BCUT2D eigenvalue weighted by Gasteiger charge is 2.23. The van der Waals surface area contributed by atoms with Gasteiger partial charge in [-0.1, -0.05) is 6.92 Å². The molecule has 2 amide bonds. The maximum atomic E-state index is 12.3. The number of benzene rings is 1. The number of anilines is 2. The highest BCUT2D eigenvalue weighted by Crippen LogP contribution is 2.32. The van der Waals surface area contributed by atoms with Gasteiger partial charge in [-0.3, -0.25) is 19.3 Å². The minimum atomic E-state index is -0.534. The highest BCUT2D eigenvalue weighted by atomic mass is 32.1. The van der Waals surface area contributed by atoms with Gasteiger partial charge in [-0.2, -0.15) is 5.10 Å². The molecule has 0 radical (unpaired) electrons. The number of aryl methyl sites for hydroxylation is 1. The second-order valence-corrected chi connectivity index (χ2v) is 6.18. The normalized spacial score (nSPS) is 15.9. The van der Waals surface area contributed by atoms with E-state index in [2.05, 4.69) is 20.8 Å². The molecule has 0 aliphatic carbocycles. The number of fused-ring (bicyclic) bond motifs is 1. The smallest absolute Gasteiger partial charge is 0.265 e. The Morgan fingerprint density at radius 1 is 1.48 bits per heavy atom. The summed E-state index contributed by atoms with van der Waals surface area (Å²) in [6, 6.07) is 5.11. The van der Waals surface area contributed by atoms with Crippen LogP contribution >= 0.6 is 12.2 Å². The second kappa shape index (κ2) is 7.06. The van der Waals surface area contributed by atoms with Crippen molar-refractivity contribution in [1.82, 2.24) is 14.8 Å². The van der Waals surface area contributed by atoms with Crippen LogP contribution < -0.4 is 15.4 Å². The molecule has 1 aromatic heterocycles. The molecule has 0 saturated heterocycles. The largest absolute Gasteiger partial charge is 0.479 e. The van der Waals surface area contributed by atoms with Gasteiger partial charge in [-0.15, -0.1) is 0 Å². The molecule has 132 valence electrons. The Labute approximate surface area is 149 Å². The highest BCUT2D eigenvalue weighted by molar-refractivity contribution is 7.71. The van der Waals surface area contributed by atoms with E-state index in [9.17, 15) is 9.59 Å². The third-order valence-electron chi connectivity index (χ3n) is 3.81. The van der Waals surface area contributed by atoms with Crippen LogP contribution in [0.1, 0.15) is 26.1 Å². The first kappa shape index (κ1) is 17.2. The number of carbonyl (C=O) groups is 2. The third kappa shape index (κ3) is 3.71. The summed E-state index contributed by atoms with van der Waals surface area (Å²) < 4.78 is 7.59. The number of hydrogen-bond acceptors (Lipinski definition) is 5. The zero-order chi connectivity index (χ0) is 18.0. The van der Waals surface area contributed by atoms with Crippen molar-refractivity contribution in [2.75, 3.05) is 10.6 Å². The summed E-state index contributed by atoms with van der Waals surface area (Å²) in [7, 11) is 0. The predicted octanol–water partition coefficient (Wildman–Crippen LogP) is 2.25. The number of aromatic amines is 1. The Kier molecular flexibility index (Phi) is 4.84. The molecule has 3 rings (SSSR count). The zero-order valence-corrected chi connectivity index (χ0v) is 14.8. The molecule has 9 heteroatoms. The van der Waals surface area contributed by atoms with E-state index in [1.165, 1.54) is 0 Å². The molecule has 8 nitrogen and oxygen atoms in total. The molecule has 0 saturated carbocycles. The number of ether oxygens (including phenoxy) is 1. The van der Waals surface area contributed by atoms with E-state index in [1.54, 1.807) is 29.7 Å². The lowest BCUT2D eigenvalue weighted by molar-refractivity contribution is -0.122. The molecule has 25 heavy (non-hydrogen) atoms. The fourth-order valence-corrected chi connectivity index (χ4v) is 2.77. The van der Waals surface area contributed by atoms with Gasteiger partial charge in [0.15, 0.2) is 10.9 Å². The Morgan fingerprint density at radius 3 is 3.04 bits per heavy atom. The SMILES string of the molecule is CCCc1n[nH]c(=S)n1CC(=O)Nc1ccc2c(c1)NC(=O)[C@@H](C)O2.